The summed E-state index contributed by atoms with van der Waals surface area (Å²) in [6, 6.07) is 71.2. The fraction of sp³-hybridized carbons (Fsp3) is 0.367. The van der Waals surface area contributed by atoms with Crippen LogP contribution in [0.2, 0.25) is 0 Å². The lowest BCUT2D eigenvalue weighted by Crippen LogP contribution is -2.61. The number of thiophene rings is 1. The van der Waals surface area contributed by atoms with Crippen molar-refractivity contribution in [3.8, 4) is 22.3 Å². The number of benzene rings is 10. The van der Waals surface area contributed by atoms with E-state index in [1.165, 1.54) is 124 Å². The molecule has 0 atom stereocenters. The molecular weight excluding hydrogens is 1280 g/mol. The van der Waals surface area contributed by atoms with E-state index in [0.717, 1.165) is 109 Å². The van der Waals surface area contributed by atoms with Crippen LogP contribution in [0.3, 0.4) is 0 Å². The Kier molecular flexibility index (Phi) is 11.8. The quantitative estimate of drug-likeness (QED) is 0.148. The van der Waals surface area contributed by atoms with Crippen LogP contribution in [0.4, 0.5) is 51.2 Å². The molecule has 4 bridgehead atoms. The molecule has 5 saturated carbocycles. The van der Waals surface area contributed by atoms with Gasteiger partial charge in [-0.25, -0.2) is 0 Å². The minimum atomic E-state index is -3.61. The predicted molar refractivity (Wildman–Crippen MR) is 442 cm³/mol. The Hall–Kier alpha value is -8.58. The van der Waals surface area contributed by atoms with Crippen LogP contribution in [0.1, 0.15) is 229 Å². The first-order chi connectivity index (χ1) is 53.8. The highest BCUT2D eigenvalue weighted by Gasteiger charge is 2.62. The van der Waals surface area contributed by atoms with Crippen molar-refractivity contribution in [3.63, 3.8) is 0 Å². The number of anilines is 9. The van der Waals surface area contributed by atoms with Crippen molar-refractivity contribution in [1.29, 1.82) is 0 Å². The number of fused-ring (bicyclic) bond motifs is 14. The lowest BCUT2D eigenvalue weighted by Gasteiger charge is -2.61. The second kappa shape index (κ2) is 22.3. The van der Waals surface area contributed by atoms with E-state index in [2.05, 4.69) is 252 Å². The first-order valence-electron chi connectivity index (χ1n) is 43.7. The zero-order valence-electron chi connectivity index (χ0n) is 70.5. The number of hydrogen-bond acceptors (Lipinski definition) is 5. The van der Waals surface area contributed by atoms with Gasteiger partial charge in [-0.3, -0.25) is 0 Å². The number of nitrogens with zero attached hydrogens (tertiary/aromatic N) is 3. The molecule has 4 heterocycles. The van der Waals surface area contributed by atoms with Gasteiger partial charge in [0.1, 0.15) is 5.58 Å². The highest BCUT2D eigenvalue weighted by Crippen LogP contribution is 2.70. The summed E-state index contributed by atoms with van der Waals surface area (Å²) in [6.45, 7) is 7.32. The number of rotatable bonds is 7. The molecule has 10 aliphatic rings. The molecule has 5 fully saturated rings. The fourth-order valence-corrected chi connectivity index (χ4v) is 24.2. The number of furan rings is 1. The summed E-state index contributed by atoms with van der Waals surface area (Å²) in [4.78, 5) is 6.87. The molecule has 22 rings (SSSR count). The lowest BCUT2D eigenvalue weighted by molar-refractivity contribution is -0.0399. The van der Waals surface area contributed by atoms with Crippen LogP contribution >= 0.6 is 11.3 Å². The Morgan fingerprint density at radius 2 is 1.12 bits per heavy atom. The van der Waals surface area contributed by atoms with Gasteiger partial charge in [0.15, 0.2) is 0 Å². The van der Waals surface area contributed by atoms with E-state index in [-0.39, 0.29) is 32.6 Å². The van der Waals surface area contributed by atoms with Crippen LogP contribution in [-0.2, 0) is 32.5 Å². The fourth-order valence-electron chi connectivity index (χ4n) is 22.9. The monoisotopic (exact) mass is 1380 g/mol. The van der Waals surface area contributed by atoms with Gasteiger partial charge in [-0.2, -0.15) is 0 Å². The summed E-state index contributed by atoms with van der Waals surface area (Å²) in [5.41, 5.74) is 19.5. The first-order valence-corrected chi connectivity index (χ1v) is 40.0. The van der Waals surface area contributed by atoms with Gasteiger partial charge >= 0.3 is 0 Å². The minimum absolute atomic E-state index is 0.0170. The van der Waals surface area contributed by atoms with E-state index in [1.807, 2.05) is 0 Å². The highest BCUT2D eigenvalue weighted by molar-refractivity contribution is 7.26. The van der Waals surface area contributed by atoms with Crippen LogP contribution < -0.4 is 31.3 Å². The molecular formula is C98H98BN3OS. The smallest absolute Gasteiger partial charge is 0.297 e. The SMILES string of the molecule is [2H]C([2H])([2H])C(c1cc2c3c(c1)N(c1ccc4c(c1)C1(c5ccccc5-4)C4CC5CC(C4)CC1C5)c1c(oc4cc5c(cc14)C(C)(C)CCC5(C)C)B3c1ccc(N(c3ccc(C4CCCCC4)cc3)c3cccc4c3sc3ccccc34)cc1N2c1ccc(-c2ccc3c(c2)C(C)(C)CCC3(C)C)cc1)(C([2H])([2H])[2H])C([2H])([2H])[2H]. The standard InChI is InChI=1S/C98H98BN3OS/c1-93(2,3)64-52-85-89-86(53-64)102(69-37-39-72-71-22-15-17-25-76(71)98(78(72)54-69)65-47-58-46-59(49-65)50-66(98)48-58)90-75-56-80-81(97(10,11)45-44-96(80,8)9)57-87(75)103-92(90)99(89)82-41-38-70(55-84(82)101(85)68-35-30-62(31-36-68)63-32-40-77-79(51-63)95(6,7)43-42-94(77,4)5)100(67-33-28-61(29-34-67)60-20-13-12-14-21-60)83-26-19-24-74-73-23-16-18-27-88(73)104-91(74)83/h15-19,22-41,51-60,65-66H,12-14,20-21,42-50H2,1-11H3/i1D3,2D3,3D3. The molecule has 6 heteroatoms. The summed E-state index contributed by atoms with van der Waals surface area (Å²) >= 11 is 1.79. The Labute approximate surface area is 633 Å². The maximum atomic E-state index is 9.73. The van der Waals surface area contributed by atoms with Crippen LogP contribution in [0.25, 0.3) is 53.4 Å². The molecule has 520 valence electrons. The van der Waals surface area contributed by atoms with Gasteiger partial charge in [0.05, 0.1) is 21.7 Å². The topological polar surface area (TPSA) is 22.9 Å². The first kappa shape index (κ1) is 55.0. The maximum absolute atomic E-state index is 9.73. The van der Waals surface area contributed by atoms with Gasteiger partial charge in [0.2, 0.25) is 0 Å². The van der Waals surface area contributed by atoms with E-state index < -0.39 is 32.7 Å². The Morgan fingerprint density at radius 1 is 0.490 bits per heavy atom. The Bertz CT molecular complexity index is 5900. The normalized spacial score (nSPS) is 24.9. The van der Waals surface area contributed by atoms with Crippen molar-refractivity contribution < 1.29 is 16.8 Å². The van der Waals surface area contributed by atoms with Crippen LogP contribution in [0, 0.1) is 23.7 Å². The van der Waals surface area contributed by atoms with Gasteiger partial charge < -0.3 is 19.1 Å². The summed E-state index contributed by atoms with van der Waals surface area (Å²) in [6.07, 6.45) is 16.2. The summed E-state index contributed by atoms with van der Waals surface area (Å²) in [5.74, 6) is 2.74. The molecule has 0 amide bonds. The molecule has 0 radical (unpaired) electrons. The Morgan fingerprint density at radius 3 is 1.85 bits per heavy atom. The second-order valence-corrected chi connectivity index (χ2v) is 37.1. The van der Waals surface area contributed by atoms with Crippen molar-refractivity contribution in [1.82, 2.24) is 0 Å². The zero-order valence-corrected chi connectivity index (χ0v) is 62.3. The van der Waals surface area contributed by atoms with Crippen molar-refractivity contribution >= 4 is 117 Å². The van der Waals surface area contributed by atoms with Gasteiger partial charge in [0.25, 0.3) is 6.71 Å². The van der Waals surface area contributed by atoms with Crippen molar-refractivity contribution in [2.75, 3.05) is 14.7 Å². The van der Waals surface area contributed by atoms with E-state index >= 15 is 0 Å². The average Bonchev–Trinajstić information content (AvgIpc) is 1.62. The molecule has 8 aliphatic carbocycles. The molecule has 0 saturated heterocycles. The van der Waals surface area contributed by atoms with Crippen LogP contribution in [0.5, 0.6) is 0 Å². The third kappa shape index (κ3) is 9.21. The van der Waals surface area contributed by atoms with Gasteiger partial charge in [0, 0.05) is 78.4 Å². The van der Waals surface area contributed by atoms with E-state index in [0.29, 0.717) is 46.6 Å². The number of hydrogen-bond donors (Lipinski definition) is 0. The molecule has 104 heavy (non-hydrogen) atoms. The van der Waals surface area contributed by atoms with E-state index in [1.54, 1.807) is 23.5 Å². The molecule has 4 nitrogen and oxygen atoms in total. The molecule has 12 aromatic rings. The average molecular weight is 1390 g/mol. The lowest BCUT2D eigenvalue weighted by atomic mass is 9.35. The van der Waals surface area contributed by atoms with Gasteiger partial charge in [-0.1, -0.05) is 204 Å². The Balaban J connectivity index is 0.874. The molecule has 10 aromatic carbocycles. The molecule has 1 spiro atoms. The zero-order chi connectivity index (χ0) is 78.0. The van der Waals surface area contributed by atoms with Gasteiger partial charge in [-0.15, -0.1) is 11.3 Å². The van der Waals surface area contributed by atoms with E-state index in [4.69, 9.17) is 4.42 Å². The van der Waals surface area contributed by atoms with E-state index in [9.17, 15) is 12.3 Å². The van der Waals surface area contributed by atoms with Crippen molar-refractivity contribution in [2.45, 2.75) is 204 Å². The minimum Gasteiger partial charge on any atom is -0.468 e. The summed E-state index contributed by atoms with van der Waals surface area (Å²) < 4.78 is 97.8. The largest absolute Gasteiger partial charge is 0.468 e. The maximum Gasteiger partial charge on any atom is 0.297 e. The molecule has 2 aromatic heterocycles. The van der Waals surface area contributed by atoms with Crippen molar-refractivity contribution in [2.24, 2.45) is 23.7 Å². The predicted octanol–water partition coefficient (Wildman–Crippen LogP) is 25.8. The van der Waals surface area contributed by atoms with Crippen molar-refractivity contribution in [3.05, 3.63) is 239 Å². The second-order valence-electron chi connectivity index (χ2n) is 36.0. The highest BCUT2D eigenvalue weighted by atomic mass is 32.1. The summed E-state index contributed by atoms with van der Waals surface area (Å²) in [7, 11) is 0. The third-order valence-electron chi connectivity index (χ3n) is 28.3. The molecule has 2 aliphatic heterocycles. The van der Waals surface area contributed by atoms with Gasteiger partial charge in [-0.05, 0) is 290 Å². The summed E-state index contributed by atoms with van der Waals surface area (Å²) in [5, 5.41) is 3.23. The van der Waals surface area contributed by atoms with Crippen LogP contribution in [0.15, 0.2) is 199 Å². The molecule has 0 unspecified atom stereocenters. The third-order valence-corrected chi connectivity index (χ3v) is 29.5. The van der Waals surface area contributed by atoms with Crippen LogP contribution in [-0.4, -0.2) is 6.71 Å². The molecule has 0 N–H and O–H groups in total.